The number of carbonyl (C=O) groups is 1. The largest absolute Gasteiger partial charge is 0.487 e. The van der Waals surface area contributed by atoms with Gasteiger partial charge in [-0.2, -0.15) is 0 Å². The molecule has 1 heterocycles. The number of hydrogen-bond donors (Lipinski definition) is 2. The minimum atomic E-state index is -0.320. The highest BCUT2D eigenvalue weighted by Crippen LogP contribution is 2.31. The number of halogens is 2. The van der Waals surface area contributed by atoms with E-state index in [1.54, 1.807) is 31.2 Å². The Kier molecular flexibility index (Phi) is 9.82. The third kappa shape index (κ3) is 8.11. The number of hydrogen-bond acceptors (Lipinski definition) is 8. The summed E-state index contributed by atoms with van der Waals surface area (Å²) in [5.41, 5.74) is 3.52. The molecule has 0 bridgehead atoms. The monoisotopic (exact) mass is 564 g/mol. The normalized spacial score (nSPS) is 11.5. The maximum atomic E-state index is 13.4. The van der Waals surface area contributed by atoms with Gasteiger partial charge in [-0.25, -0.2) is 14.4 Å². The molecule has 4 rings (SSSR count). The van der Waals surface area contributed by atoms with Crippen molar-refractivity contribution in [3.63, 3.8) is 0 Å². The van der Waals surface area contributed by atoms with Crippen LogP contribution >= 0.6 is 11.6 Å². The molecule has 0 fully saturated rings. The van der Waals surface area contributed by atoms with Gasteiger partial charge in [-0.3, -0.25) is 4.79 Å². The molecule has 4 aromatic rings. The number of benzene rings is 3. The van der Waals surface area contributed by atoms with E-state index in [1.165, 1.54) is 18.5 Å². The van der Waals surface area contributed by atoms with Gasteiger partial charge >= 0.3 is 0 Å². The maximum Gasteiger partial charge on any atom is 0.260 e. The molecular formula is C29H30ClFN6O3. The van der Waals surface area contributed by atoms with Gasteiger partial charge in [-0.15, -0.1) is 0 Å². The molecule has 0 aliphatic carbocycles. The molecule has 0 saturated carbocycles. The van der Waals surface area contributed by atoms with Crippen LogP contribution in [0.3, 0.4) is 0 Å². The average molecular weight is 565 g/mol. The molecule has 2 N–H and O–H groups in total. The molecule has 0 saturated heterocycles. The van der Waals surface area contributed by atoms with E-state index in [0.29, 0.717) is 40.1 Å². The number of ether oxygens (including phenoxy) is 1. The van der Waals surface area contributed by atoms with Gasteiger partial charge in [0.2, 0.25) is 0 Å². The number of amides is 1. The minimum absolute atomic E-state index is 0.170. The van der Waals surface area contributed by atoms with Crippen LogP contribution in [0, 0.1) is 5.82 Å². The standard InChI is InChI=1S/C29H30ClFN6O3/c1-19(36-40-17-28(38)32-11-12-37(2)3)21-7-9-26-24(14-21)29(34-18-33-26)35-23-8-10-27(25(30)15-23)39-16-20-5-4-6-22(31)13-20/h4-10,13-15,18H,11-12,16-17H2,1-3H3,(H,32,38)(H,33,34,35)/b36-19+. The number of carbonyl (C=O) groups excluding carboxylic acids is 1. The number of nitrogens with zero attached hydrogens (tertiary/aromatic N) is 4. The number of likely N-dealkylation sites (N-methyl/N-ethyl adjacent to an activating group) is 1. The predicted octanol–water partition coefficient (Wildman–Crippen LogP) is 5.16. The summed E-state index contributed by atoms with van der Waals surface area (Å²) in [5, 5.41) is 11.3. The van der Waals surface area contributed by atoms with Crippen LogP contribution in [0.25, 0.3) is 10.9 Å². The van der Waals surface area contributed by atoms with Crippen molar-refractivity contribution in [3.8, 4) is 5.75 Å². The lowest BCUT2D eigenvalue weighted by Gasteiger charge is -2.12. The highest BCUT2D eigenvalue weighted by Gasteiger charge is 2.10. The van der Waals surface area contributed by atoms with Crippen LogP contribution in [0.2, 0.25) is 5.02 Å². The first-order valence-electron chi connectivity index (χ1n) is 12.6. The first-order valence-corrected chi connectivity index (χ1v) is 12.9. The second-order valence-corrected chi connectivity index (χ2v) is 9.65. The van der Waals surface area contributed by atoms with E-state index in [-0.39, 0.29) is 24.9 Å². The van der Waals surface area contributed by atoms with Crippen LogP contribution in [0.1, 0.15) is 18.1 Å². The van der Waals surface area contributed by atoms with Crippen molar-refractivity contribution in [3.05, 3.63) is 89.0 Å². The molecule has 0 atom stereocenters. The number of nitrogens with one attached hydrogen (secondary N) is 2. The Bertz CT molecular complexity index is 1510. The number of anilines is 2. The van der Waals surface area contributed by atoms with Crippen molar-refractivity contribution >= 4 is 45.6 Å². The van der Waals surface area contributed by atoms with Crippen molar-refractivity contribution in [1.29, 1.82) is 0 Å². The van der Waals surface area contributed by atoms with Gasteiger partial charge in [0, 0.05) is 24.2 Å². The third-order valence-electron chi connectivity index (χ3n) is 5.81. The zero-order valence-electron chi connectivity index (χ0n) is 22.4. The third-order valence-corrected chi connectivity index (χ3v) is 6.10. The zero-order chi connectivity index (χ0) is 28.5. The van der Waals surface area contributed by atoms with Gasteiger partial charge in [0.1, 0.15) is 30.3 Å². The number of fused-ring (bicyclic) bond motifs is 1. The molecule has 3 aromatic carbocycles. The molecule has 1 amide bonds. The molecule has 9 nitrogen and oxygen atoms in total. The Morgan fingerprint density at radius 2 is 1.95 bits per heavy atom. The highest BCUT2D eigenvalue weighted by atomic mass is 35.5. The number of oxime groups is 1. The average Bonchev–Trinajstić information content (AvgIpc) is 2.92. The van der Waals surface area contributed by atoms with Gasteiger partial charge in [0.05, 0.1) is 16.3 Å². The first-order chi connectivity index (χ1) is 19.3. The lowest BCUT2D eigenvalue weighted by Crippen LogP contribution is -2.33. The van der Waals surface area contributed by atoms with Gasteiger partial charge < -0.3 is 25.1 Å². The van der Waals surface area contributed by atoms with E-state index in [0.717, 1.165) is 23.0 Å². The van der Waals surface area contributed by atoms with Crippen LogP contribution in [0.4, 0.5) is 15.9 Å². The summed E-state index contributed by atoms with van der Waals surface area (Å²) in [6.07, 6.45) is 1.47. The van der Waals surface area contributed by atoms with E-state index < -0.39 is 0 Å². The highest BCUT2D eigenvalue weighted by molar-refractivity contribution is 6.32. The second kappa shape index (κ2) is 13.7. The first kappa shape index (κ1) is 28.7. The zero-order valence-corrected chi connectivity index (χ0v) is 23.2. The molecule has 0 spiro atoms. The smallest absolute Gasteiger partial charge is 0.260 e. The Morgan fingerprint density at radius 3 is 2.73 bits per heavy atom. The van der Waals surface area contributed by atoms with Crippen molar-refractivity contribution in [1.82, 2.24) is 20.2 Å². The van der Waals surface area contributed by atoms with E-state index in [1.807, 2.05) is 43.3 Å². The Morgan fingerprint density at radius 1 is 1.10 bits per heavy atom. The summed E-state index contributed by atoms with van der Waals surface area (Å²) < 4.78 is 19.2. The van der Waals surface area contributed by atoms with Crippen LogP contribution in [0.15, 0.2) is 72.1 Å². The molecule has 0 aliphatic heterocycles. The summed E-state index contributed by atoms with van der Waals surface area (Å²) >= 11 is 6.46. The summed E-state index contributed by atoms with van der Waals surface area (Å²) in [5.74, 6) is 0.496. The quantitative estimate of drug-likeness (QED) is 0.181. The van der Waals surface area contributed by atoms with Crippen LogP contribution < -0.4 is 15.4 Å². The fraction of sp³-hybridized carbons (Fsp3) is 0.241. The molecular weight excluding hydrogens is 535 g/mol. The fourth-order valence-electron chi connectivity index (χ4n) is 3.71. The SMILES string of the molecule is C/C(=N\OCC(=O)NCCN(C)C)c1ccc2ncnc(Nc3ccc(OCc4cccc(F)c4)c(Cl)c3)c2c1. The van der Waals surface area contributed by atoms with Gasteiger partial charge in [-0.1, -0.05) is 35.0 Å². The van der Waals surface area contributed by atoms with Crippen molar-refractivity contribution in [2.75, 3.05) is 39.1 Å². The van der Waals surface area contributed by atoms with E-state index in [4.69, 9.17) is 21.2 Å². The van der Waals surface area contributed by atoms with E-state index >= 15 is 0 Å². The summed E-state index contributed by atoms with van der Waals surface area (Å²) in [4.78, 5) is 27.9. The number of aromatic nitrogens is 2. The predicted molar refractivity (Wildman–Crippen MR) is 155 cm³/mol. The summed E-state index contributed by atoms with van der Waals surface area (Å²) in [7, 11) is 3.87. The van der Waals surface area contributed by atoms with E-state index in [9.17, 15) is 9.18 Å². The number of rotatable bonds is 12. The van der Waals surface area contributed by atoms with Gasteiger partial charge in [-0.05, 0) is 74.6 Å². The van der Waals surface area contributed by atoms with Crippen molar-refractivity contribution < 1.29 is 18.8 Å². The van der Waals surface area contributed by atoms with Gasteiger partial charge in [0.15, 0.2) is 6.61 Å². The Labute approximate surface area is 237 Å². The molecule has 0 unspecified atom stereocenters. The molecule has 40 heavy (non-hydrogen) atoms. The topological polar surface area (TPSA) is 101 Å². The summed E-state index contributed by atoms with van der Waals surface area (Å²) in [6, 6.07) is 17.1. The maximum absolute atomic E-state index is 13.4. The van der Waals surface area contributed by atoms with Crippen LogP contribution in [0.5, 0.6) is 5.75 Å². The second-order valence-electron chi connectivity index (χ2n) is 9.25. The minimum Gasteiger partial charge on any atom is -0.487 e. The molecule has 1 aromatic heterocycles. The molecule has 208 valence electrons. The van der Waals surface area contributed by atoms with Gasteiger partial charge in [0.25, 0.3) is 5.91 Å². The molecule has 0 aliphatic rings. The lowest BCUT2D eigenvalue weighted by molar-refractivity contribution is -0.125. The summed E-state index contributed by atoms with van der Waals surface area (Å²) in [6.45, 7) is 3.09. The van der Waals surface area contributed by atoms with E-state index in [2.05, 4.69) is 25.8 Å². The lowest BCUT2D eigenvalue weighted by atomic mass is 10.1. The fourth-order valence-corrected chi connectivity index (χ4v) is 3.95. The molecule has 11 heteroatoms. The van der Waals surface area contributed by atoms with Crippen LogP contribution in [-0.2, 0) is 16.2 Å². The molecule has 0 radical (unpaired) electrons. The van der Waals surface area contributed by atoms with Crippen molar-refractivity contribution in [2.45, 2.75) is 13.5 Å². The van der Waals surface area contributed by atoms with Crippen LogP contribution in [-0.4, -0.2) is 60.3 Å². The van der Waals surface area contributed by atoms with Crippen molar-refractivity contribution in [2.24, 2.45) is 5.16 Å². The Balaban J connectivity index is 1.42. The Hall–Kier alpha value is -4.28.